The van der Waals surface area contributed by atoms with Crippen LogP contribution in [0.15, 0.2) is 59.6 Å². The van der Waals surface area contributed by atoms with Crippen molar-refractivity contribution in [3.8, 4) is 0 Å². The largest absolute Gasteiger partial charge is 0.307 e. The molecular formula is C17H14ClNO. The molecule has 0 unspecified atom stereocenters. The fourth-order valence-corrected chi connectivity index (χ4v) is 2.66. The summed E-state index contributed by atoms with van der Waals surface area (Å²) in [5.74, 6) is -0.138. The van der Waals surface area contributed by atoms with Crippen molar-refractivity contribution in [1.29, 1.82) is 0 Å². The predicted octanol–water partition coefficient (Wildman–Crippen LogP) is 3.86. The molecule has 2 aromatic rings. The molecule has 0 saturated carbocycles. The van der Waals surface area contributed by atoms with E-state index in [1.807, 2.05) is 48.5 Å². The summed E-state index contributed by atoms with van der Waals surface area (Å²) in [6.07, 6.45) is 2.60. The molecule has 3 heteroatoms. The lowest BCUT2D eigenvalue weighted by Gasteiger charge is -2.16. The Morgan fingerprint density at radius 3 is 2.55 bits per heavy atom. The summed E-state index contributed by atoms with van der Waals surface area (Å²) in [6, 6.07) is 17.6. The standard InChI is InChI=1S/C17H14ClNO/c18-15(12-13-6-2-1-3-7-13)17(20)19-11-10-14-8-4-5-9-16(14)19/h1-9,12H,10-11H2/b15-12-. The number of para-hydroxylation sites is 1. The van der Waals surface area contributed by atoms with Gasteiger partial charge in [0.05, 0.1) is 0 Å². The Morgan fingerprint density at radius 1 is 1.05 bits per heavy atom. The van der Waals surface area contributed by atoms with Gasteiger partial charge >= 0.3 is 0 Å². The summed E-state index contributed by atoms with van der Waals surface area (Å²) >= 11 is 6.18. The number of benzene rings is 2. The Hall–Kier alpha value is -2.06. The smallest absolute Gasteiger partial charge is 0.269 e. The van der Waals surface area contributed by atoms with Crippen LogP contribution in [0.4, 0.5) is 5.69 Å². The summed E-state index contributed by atoms with van der Waals surface area (Å²) in [4.78, 5) is 14.2. The Balaban J connectivity index is 1.86. The van der Waals surface area contributed by atoms with Gasteiger partial charge in [0.15, 0.2) is 0 Å². The average molecular weight is 284 g/mol. The van der Waals surface area contributed by atoms with Crippen LogP contribution < -0.4 is 4.90 Å². The normalized spacial score (nSPS) is 14.2. The van der Waals surface area contributed by atoms with Crippen LogP contribution in [-0.4, -0.2) is 12.5 Å². The van der Waals surface area contributed by atoms with Gasteiger partial charge in [-0.15, -0.1) is 0 Å². The minimum atomic E-state index is -0.138. The third kappa shape index (κ3) is 2.47. The van der Waals surface area contributed by atoms with E-state index in [1.165, 1.54) is 5.56 Å². The molecule has 0 radical (unpaired) electrons. The highest BCUT2D eigenvalue weighted by atomic mass is 35.5. The van der Waals surface area contributed by atoms with Gasteiger partial charge in [0.25, 0.3) is 5.91 Å². The molecule has 0 N–H and O–H groups in total. The van der Waals surface area contributed by atoms with Crippen molar-refractivity contribution in [1.82, 2.24) is 0 Å². The number of hydrogen-bond acceptors (Lipinski definition) is 1. The van der Waals surface area contributed by atoms with Gasteiger partial charge in [-0.2, -0.15) is 0 Å². The Morgan fingerprint density at radius 2 is 1.75 bits per heavy atom. The van der Waals surface area contributed by atoms with Crippen molar-refractivity contribution in [2.45, 2.75) is 6.42 Å². The van der Waals surface area contributed by atoms with Gasteiger partial charge in [-0.1, -0.05) is 60.1 Å². The second kappa shape index (κ2) is 5.51. The SMILES string of the molecule is O=C(/C(Cl)=C/c1ccccc1)N1CCc2ccccc21. The fraction of sp³-hybridized carbons (Fsp3) is 0.118. The van der Waals surface area contributed by atoms with E-state index in [-0.39, 0.29) is 10.9 Å². The Bertz CT molecular complexity index is 664. The van der Waals surface area contributed by atoms with E-state index in [2.05, 4.69) is 6.07 Å². The van der Waals surface area contributed by atoms with Crippen LogP contribution in [0.2, 0.25) is 0 Å². The molecule has 1 aliphatic heterocycles. The maximum atomic E-state index is 12.4. The molecule has 20 heavy (non-hydrogen) atoms. The van der Waals surface area contributed by atoms with Gasteiger partial charge < -0.3 is 4.90 Å². The molecule has 1 heterocycles. The number of rotatable bonds is 2. The van der Waals surface area contributed by atoms with Crippen molar-refractivity contribution in [3.05, 3.63) is 70.8 Å². The first-order valence-corrected chi connectivity index (χ1v) is 6.95. The van der Waals surface area contributed by atoms with Crippen LogP contribution >= 0.6 is 11.6 Å². The summed E-state index contributed by atoms with van der Waals surface area (Å²) in [6.45, 7) is 0.691. The number of amides is 1. The fourth-order valence-electron chi connectivity index (χ4n) is 2.44. The number of anilines is 1. The third-order valence-corrected chi connectivity index (χ3v) is 3.70. The molecule has 0 spiro atoms. The number of hydrogen-bond donors (Lipinski definition) is 0. The van der Waals surface area contributed by atoms with E-state index >= 15 is 0 Å². The molecule has 3 rings (SSSR count). The lowest BCUT2D eigenvalue weighted by atomic mass is 10.2. The van der Waals surface area contributed by atoms with Crippen LogP contribution in [0, 0.1) is 0 Å². The summed E-state index contributed by atoms with van der Waals surface area (Å²) < 4.78 is 0. The van der Waals surface area contributed by atoms with Crippen molar-refractivity contribution in [3.63, 3.8) is 0 Å². The molecule has 2 nitrogen and oxygen atoms in total. The Labute approximate surface area is 123 Å². The molecule has 100 valence electrons. The monoisotopic (exact) mass is 283 g/mol. The number of halogens is 1. The van der Waals surface area contributed by atoms with Gasteiger partial charge in [-0.25, -0.2) is 0 Å². The quantitative estimate of drug-likeness (QED) is 0.767. The molecule has 0 fully saturated rings. The van der Waals surface area contributed by atoms with E-state index in [9.17, 15) is 4.79 Å². The van der Waals surface area contributed by atoms with Crippen LogP contribution in [0.5, 0.6) is 0 Å². The molecule has 0 aromatic heterocycles. The van der Waals surface area contributed by atoms with Crippen molar-refractivity contribution < 1.29 is 4.79 Å². The van der Waals surface area contributed by atoms with E-state index in [1.54, 1.807) is 11.0 Å². The second-order valence-corrected chi connectivity index (χ2v) is 5.15. The van der Waals surface area contributed by atoms with Gasteiger partial charge in [-0.3, -0.25) is 4.79 Å². The maximum absolute atomic E-state index is 12.4. The van der Waals surface area contributed by atoms with Crippen molar-refractivity contribution in [2.75, 3.05) is 11.4 Å². The van der Waals surface area contributed by atoms with Crippen LogP contribution in [0.25, 0.3) is 6.08 Å². The van der Waals surface area contributed by atoms with Gasteiger partial charge in [-0.05, 0) is 29.7 Å². The zero-order valence-electron chi connectivity index (χ0n) is 10.9. The van der Waals surface area contributed by atoms with Crippen molar-refractivity contribution >= 4 is 29.3 Å². The molecule has 0 saturated heterocycles. The zero-order chi connectivity index (χ0) is 13.9. The average Bonchev–Trinajstić information content (AvgIpc) is 2.91. The molecule has 0 aliphatic carbocycles. The van der Waals surface area contributed by atoms with Crippen molar-refractivity contribution in [2.24, 2.45) is 0 Å². The second-order valence-electron chi connectivity index (χ2n) is 4.74. The van der Waals surface area contributed by atoms with E-state index in [0.29, 0.717) is 6.54 Å². The lowest BCUT2D eigenvalue weighted by Crippen LogP contribution is -2.28. The number of fused-ring (bicyclic) bond motifs is 1. The van der Waals surface area contributed by atoms with E-state index in [0.717, 1.165) is 17.7 Å². The number of carbonyl (C=O) groups is 1. The molecule has 1 amide bonds. The summed E-state index contributed by atoms with van der Waals surface area (Å²) in [7, 11) is 0. The Kier molecular flexibility index (Phi) is 3.57. The van der Waals surface area contributed by atoms with E-state index < -0.39 is 0 Å². The van der Waals surface area contributed by atoms with Gasteiger partial charge in [0.1, 0.15) is 5.03 Å². The van der Waals surface area contributed by atoms with Crippen LogP contribution in [-0.2, 0) is 11.2 Å². The first-order valence-electron chi connectivity index (χ1n) is 6.58. The van der Waals surface area contributed by atoms with E-state index in [4.69, 9.17) is 11.6 Å². The van der Waals surface area contributed by atoms with Gasteiger partial charge in [0, 0.05) is 12.2 Å². The lowest BCUT2D eigenvalue weighted by molar-refractivity contribution is -0.114. The van der Waals surface area contributed by atoms with Crippen LogP contribution in [0.1, 0.15) is 11.1 Å². The molecule has 0 atom stereocenters. The topological polar surface area (TPSA) is 20.3 Å². The minimum absolute atomic E-state index is 0.138. The first-order chi connectivity index (χ1) is 9.75. The molecule has 2 aromatic carbocycles. The first kappa shape index (κ1) is 12.9. The highest BCUT2D eigenvalue weighted by molar-refractivity contribution is 6.46. The highest BCUT2D eigenvalue weighted by Gasteiger charge is 2.25. The molecular weight excluding hydrogens is 270 g/mol. The number of carbonyl (C=O) groups excluding carboxylic acids is 1. The van der Waals surface area contributed by atoms with Gasteiger partial charge in [0.2, 0.25) is 0 Å². The third-order valence-electron chi connectivity index (χ3n) is 3.43. The summed E-state index contributed by atoms with van der Waals surface area (Å²) in [5.41, 5.74) is 3.10. The molecule has 1 aliphatic rings. The predicted molar refractivity (Wildman–Crippen MR) is 82.8 cm³/mol. The molecule has 0 bridgehead atoms. The highest BCUT2D eigenvalue weighted by Crippen LogP contribution is 2.29. The maximum Gasteiger partial charge on any atom is 0.269 e. The zero-order valence-corrected chi connectivity index (χ0v) is 11.7. The minimum Gasteiger partial charge on any atom is -0.307 e. The summed E-state index contributed by atoms with van der Waals surface area (Å²) in [5, 5.41) is 0.243. The number of nitrogens with zero attached hydrogens (tertiary/aromatic N) is 1. The van der Waals surface area contributed by atoms with Crippen LogP contribution in [0.3, 0.4) is 0 Å².